The highest BCUT2D eigenvalue weighted by molar-refractivity contribution is 5.98. The van der Waals surface area contributed by atoms with Crippen LogP contribution in [0.3, 0.4) is 0 Å². The van der Waals surface area contributed by atoms with Crippen LogP contribution in [-0.4, -0.2) is 34.3 Å². The largest absolute Gasteiger partial charge is 0.383 e. The van der Waals surface area contributed by atoms with Crippen molar-refractivity contribution in [1.82, 2.24) is 15.1 Å². The van der Waals surface area contributed by atoms with E-state index in [0.29, 0.717) is 23.1 Å². The van der Waals surface area contributed by atoms with Crippen LogP contribution in [0.2, 0.25) is 0 Å². The zero-order valence-electron chi connectivity index (χ0n) is 15.1. The molecule has 3 aromatic rings. The van der Waals surface area contributed by atoms with Gasteiger partial charge in [-0.15, -0.1) is 0 Å². The number of carbonyl (C=O) groups is 1. The number of ether oxygens (including phenoxy) is 1. The summed E-state index contributed by atoms with van der Waals surface area (Å²) in [6, 6.07) is 12.7. The summed E-state index contributed by atoms with van der Waals surface area (Å²) in [5.74, 6) is -0.590. The fourth-order valence-corrected chi connectivity index (χ4v) is 2.85. The van der Waals surface area contributed by atoms with E-state index in [-0.39, 0.29) is 29.9 Å². The van der Waals surface area contributed by atoms with Gasteiger partial charge in [0, 0.05) is 18.6 Å². The summed E-state index contributed by atoms with van der Waals surface area (Å²) in [6.45, 7) is 0.594. The second-order valence-corrected chi connectivity index (χ2v) is 5.97. The number of fused-ring (bicyclic) bond motifs is 1. The number of benzene rings is 2. The van der Waals surface area contributed by atoms with E-state index in [1.165, 1.54) is 30.0 Å². The highest BCUT2D eigenvalue weighted by atomic mass is 16.6. The molecule has 1 N–H and O–H groups in total. The van der Waals surface area contributed by atoms with Crippen LogP contribution in [0, 0.1) is 10.1 Å². The molecule has 3 rings (SSSR count). The van der Waals surface area contributed by atoms with E-state index in [0.717, 1.165) is 0 Å². The Hall–Kier alpha value is -3.59. The molecule has 0 unspecified atom stereocenters. The topological polar surface area (TPSA) is 116 Å². The third kappa shape index (κ3) is 3.89. The quantitative estimate of drug-likeness (QED) is 0.493. The molecule has 0 spiro atoms. The van der Waals surface area contributed by atoms with Crippen LogP contribution in [0.15, 0.2) is 53.3 Å². The Kier molecular flexibility index (Phi) is 5.75. The molecular formula is C19H18N4O5. The Morgan fingerprint density at radius 3 is 2.57 bits per heavy atom. The summed E-state index contributed by atoms with van der Waals surface area (Å²) in [5, 5.41) is 19.2. The van der Waals surface area contributed by atoms with Gasteiger partial charge in [-0.05, 0) is 12.1 Å². The smallest absolute Gasteiger partial charge is 0.282 e. The molecule has 2 aromatic carbocycles. The molecule has 0 aliphatic rings. The predicted molar refractivity (Wildman–Crippen MR) is 102 cm³/mol. The van der Waals surface area contributed by atoms with Gasteiger partial charge in [-0.2, -0.15) is 5.10 Å². The lowest BCUT2D eigenvalue weighted by Gasteiger charge is -2.11. The number of nitro groups is 1. The number of rotatable bonds is 7. The van der Waals surface area contributed by atoms with Crippen LogP contribution in [0.25, 0.3) is 10.8 Å². The summed E-state index contributed by atoms with van der Waals surface area (Å²) in [6.07, 6.45) is 0. The summed E-state index contributed by atoms with van der Waals surface area (Å²) in [5.41, 5.74) is -0.0768. The first-order valence-corrected chi connectivity index (χ1v) is 8.52. The third-order valence-corrected chi connectivity index (χ3v) is 4.21. The zero-order valence-corrected chi connectivity index (χ0v) is 15.1. The number of nitrogens with zero attached hydrogens (tertiary/aromatic N) is 3. The van der Waals surface area contributed by atoms with Crippen molar-refractivity contribution >= 4 is 22.4 Å². The molecule has 1 aromatic heterocycles. The molecule has 144 valence electrons. The van der Waals surface area contributed by atoms with E-state index in [1.54, 1.807) is 30.3 Å². The lowest BCUT2D eigenvalue weighted by atomic mass is 10.1. The summed E-state index contributed by atoms with van der Waals surface area (Å²) in [4.78, 5) is 35.5. The van der Waals surface area contributed by atoms with Gasteiger partial charge >= 0.3 is 0 Å². The first-order valence-electron chi connectivity index (χ1n) is 8.52. The fourth-order valence-electron chi connectivity index (χ4n) is 2.85. The number of nitro benzene ring substituents is 1. The molecule has 9 nitrogen and oxygen atoms in total. The first-order chi connectivity index (χ1) is 13.5. The highest BCUT2D eigenvalue weighted by Gasteiger charge is 2.19. The minimum atomic E-state index is -0.604. The van der Waals surface area contributed by atoms with Crippen molar-refractivity contribution in [3.8, 4) is 0 Å². The molecule has 0 aliphatic carbocycles. The van der Waals surface area contributed by atoms with E-state index >= 15 is 0 Å². The minimum absolute atomic E-state index is 0.0126. The summed E-state index contributed by atoms with van der Waals surface area (Å²) in [7, 11) is 1.53. The number of nitrogens with one attached hydrogen (secondary N) is 1. The van der Waals surface area contributed by atoms with E-state index < -0.39 is 10.8 Å². The van der Waals surface area contributed by atoms with Crippen LogP contribution < -0.4 is 10.9 Å². The maximum atomic E-state index is 12.5. The molecule has 0 atom stereocenters. The standard InChI is InChI=1S/C19H18N4O5/c1-28-11-10-22-19(25)14-7-3-2-6-13(14)16(21-22)12-20-18(24)15-8-4-5-9-17(15)23(26)27/h2-9H,10-12H2,1H3,(H,20,24). The van der Waals surface area contributed by atoms with Crippen molar-refractivity contribution in [2.75, 3.05) is 13.7 Å². The van der Waals surface area contributed by atoms with E-state index in [1.807, 2.05) is 0 Å². The molecule has 28 heavy (non-hydrogen) atoms. The summed E-state index contributed by atoms with van der Waals surface area (Å²) < 4.78 is 6.30. The third-order valence-electron chi connectivity index (χ3n) is 4.21. The Morgan fingerprint density at radius 1 is 1.18 bits per heavy atom. The van der Waals surface area contributed by atoms with Crippen LogP contribution in [0.5, 0.6) is 0 Å². The second-order valence-electron chi connectivity index (χ2n) is 5.97. The number of methoxy groups -OCH3 is 1. The SMILES string of the molecule is COCCn1nc(CNC(=O)c2ccccc2[N+](=O)[O-])c2ccccc2c1=O. The number of carbonyl (C=O) groups excluding carboxylic acids is 1. The van der Waals surface area contributed by atoms with Crippen LogP contribution in [-0.2, 0) is 17.8 Å². The predicted octanol–water partition coefficient (Wildman–Crippen LogP) is 1.88. The lowest BCUT2D eigenvalue weighted by Crippen LogP contribution is -2.29. The Bertz CT molecular complexity index is 1090. The molecule has 0 saturated carbocycles. The monoisotopic (exact) mass is 382 g/mol. The first kappa shape index (κ1) is 19.2. The average molecular weight is 382 g/mol. The van der Waals surface area contributed by atoms with E-state index in [4.69, 9.17) is 4.74 Å². The van der Waals surface area contributed by atoms with Crippen molar-refractivity contribution in [1.29, 1.82) is 0 Å². The Labute approximate surface area is 159 Å². The molecule has 1 amide bonds. The minimum Gasteiger partial charge on any atom is -0.383 e. The van der Waals surface area contributed by atoms with Gasteiger partial charge in [-0.25, -0.2) is 4.68 Å². The fraction of sp³-hybridized carbons (Fsp3) is 0.211. The molecule has 0 bridgehead atoms. The van der Waals surface area contributed by atoms with Crippen molar-refractivity contribution in [3.63, 3.8) is 0 Å². The van der Waals surface area contributed by atoms with Gasteiger partial charge in [0.1, 0.15) is 5.56 Å². The maximum absolute atomic E-state index is 12.5. The normalized spacial score (nSPS) is 10.8. The molecule has 9 heteroatoms. The van der Waals surface area contributed by atoms with Crippen molar-refractivity contribution < 1.29 is 14.5 Å². The Balaban J connectivity index is 1.92. The van der Waals surface area contributed by atoms with Gasteiger partial charge in [0.25, 0.3) is 17.2 Å². The van der Waals surface area contributed by atoms with Crippen LogP contribution >= 0.6 is 0 Å². The molecule has 0 saturated heterocycles. The lowest BCUT2D eigenvalue weighted by molar-refractivity contribution is -0.385. The molecule has 0 aliphatic heterocycles. The van der Waals surface area contributed by atoms with Crippen molar-refractivity contribution in [3.05, 3.63) is 80.3 Å². The van der Waals surface area contributed by atoms with Gasteiger partial charge in [-0.1, -0.05) is 30.3 Å². The van der Waals surface area contributed by atoms with E-state index in [2.05, 4.69) is 10.4 Å². The number of hydrogen-bond donors (Lipinski definition) is 1. The maximum Gasteiger partial charge on any atom is 0.282 e. The van der Waals surface area contributed by atoms with Gasteiger partial charge in [0.2, 0.25) is 0 Å². The molecule has 0 fully saturated rings. The van der Waals surface area contributed by atoms with Gasteiger partial charge in [0.05, 0.1) is 35.7 Å². The van der Waals surface area contributed by atoms with Gasteiger partial charge in [0.15, 0.2) is 0 Å². The molecular weight excluding hydrogens is 364 g/mol. The number of para-hydroxylation sites is 1. The van der Waals surface area contributed by atoms with Crippen LogP contribution in [0.4, 0.5) is 5.69 Å². The van der Waals surface area contributed by atoms with Crippen molar-refractivity contribution in [2.24, 2.45) is 0 Å². The Morgan fingerprint density at radius 2 is 1.86 bits per heavy atom. The van der Waals surface area contributed by atoms with E-state index in [9.17, 15) is 19.7 Å². The summed E-state index contributed by atoms with van der Waals surface area (Å²) >= 11 is 0. The molecule has 0 radical (unpaired) electrons. The number of aromatic nitrogens is 2. The molecule has 1 heterocycles. The number of hydrogen-bond acceptors (Lipinski definition) is 6. The zero-order chi connectivity index (χ0) is 20.1. The number of amides is 1. The van der Waals surface area contributed by atoms with Crippen molar-refractivity contribution in [2.45, 2.75) is 13.1 Å². The highest BCUT2D eigenvalue weighted by Crippen LogP contribution is 2.18. The van der Waals surface area contributed by atoms with Gasteiger partial charge in [-0.3, -0.25) is 19.7 Å². The van der Waals surface area contributed by atoms with Crippen LogP contribution in [0.1, 0.15) is 16.1 Å². The average Bonchev–Trinajstić information content (AvgIpc) is 2.72. The second kappa shape index (κ2) is 8.40. The van der Waals surface area contributed by atoms with Gasteiger partial charge < -0.3 is 10.1 Å².